The quantitative estimate of drug-likeness (QED) is 0.478. The molecule has 2 aromatic heterocycles. The van der Waals surface area contributed by atoms with E-state index in [9.17, 15) is 31.1 Å². The summed E-state index contributed by atoms with van der Waals surface area (Å²) in [5, 5.41) is 9.53. The van der Waals surface area contributed by atoms with Gasteiger partial charge in [-0.15, -0.1) is 0 Å². The first kappa shape index (κ1) is 22.0. The predicted molar refractivity (Wildman–Crippen MR) is 109 cm³/mol. The highest BCUT2D eigenvalue weighted by Crippen LogP contribution is 2.61. The number of sulfonamides is 1. The third-order valence-electron chi connectivity index (χ3n) is 6.57. The minimum absolute atomic E-state index is 0.0352. The molecule has 0 spiro atoms. The van der Waals surface area contributed by atoms with Crippen LogP contribution < -0.4 is 10.5 Å². The van der Waals surface area contributed by atoms with Crippen LogP contribution in [0.3, 0.4) is 0 Å². The summed E-state index contributed by atoms with van der Waals surface area (Å²) in [6.45, 7) is -0.0352. The number of fused-ring (bicyclic) bond motifs is 2. The van der Waals surface area contributed by atoms with Gasteiger partial charge in [0.15, 0.2) is 17.2 Å². The molecule has 3 saturated carbocycles. The van der Waals surface area contributed by atoms with Gasteiger partial charge in [-0.05, 0) is 49.3 Å². The highest BCUT2D eigenvalue weighted by Gasteiger charge is 2.61. The number of rotatable bonds is 5. The van der Waals surface area contributed by atoms with E-state index in [1.807, 2.05) is 0 Å². The third kappa shape index (κ3) is 3.45. The lowest BCUT2D eigenvalue weighted by molar-refractivity contribution is -0.141. The maximum Gasteiger partial charge on any atom is 0.434 e. The summed E-state index contributed by atoms with van der Waals surface area (Å²) in [6.07, 6.45) is -0.709. The molecule has 0 amide bonds. The SMILES string of the molecule is Nc1nc(C(F)(F)F)cn2c(-c3ccc(F)c(S(=O)(=O)NC45CCC(CO)(C4)C5)c3)cnc12. The van der Waals surface area contributed by atoms with Gasteiger partial charge in [0.25, 0.3) is 0 Å². The van der Waals surface area contributed by atoms with Crippen molar-refractivity contribution in [1.82, 2.24) is 19.1 Å². The second-order valence-corrected chi connectivity index (χ2v) is 10.5. The molecule has 8 nitrogen and oxygen atoms in total. The third-order valence-corrected chi connectivity index (χ3v) is 8.17. The molecule has 2 heterocycles. The van der Waals surface area contributed by atoms with E-state index < -0.39 is 44.0 Å². The molecular formula is C20H19F4N5O3S. The van der Waals surface area contributed by atoms with Crippen molar-refractivity contribution in [3.63, 3.8) is 0 Å². The highest BCUT2D eigenvalue weighted by molar-refractivity contribution is 7.89. The number of benzene rings is 1. The van der Waals surface area contributed by atoms with Gasteiger partial charge >= 0.3 is 6.18 Å². The summed E-state index contributed by atoms with van der Waals surface area (Å²) in [6, 6.07) is 3.23. The Morgan fingerprint density at radius 2 is 1.97 bits per heavy atom. The van der Waals surface area contributed by atoms with Gasteiger partial charge in [0, 0.05) is 23.9 Å². The molecule has 3 aromatic rings. The van der Waals surface area contributed by atoms with Crippen molar-refractivity contribution < 1.29 is 31.1 Å². The van der Waals surface area contributed by atoms with Gasteiger partial charge in [0.2, 0.25) is 10.0 Å². The fraction of sp³-hybridized carbons (Fsp3) is 0.400. The minimum Gasteiger partial charge on any atom is -0.396 e. The van der Waals surface area contributed by atoms with Gasteiger partial charge in [-0.3, -0.25) is 4.40 Å². The second-order valence-electron chi connectivity index (χ2n) is 8.89. The topological polar surface area (TPSA) is 123 Å². The van der Waals surface area contributed by atoms with Crippen molar-refractivity contribution in [2.24, 2.45) is 5.41 Å². The maximum absolute atomic E-state index is 14.6. The predicted octanol–water partition coefficient (Wildman–Crippen LogP) is 2.72. The number of nitrogen functional groups attached to an aromatic ring is 1. The summed E-state index contributed by atoms with van der Waals surface area (Å²) in [4.78, 5) is 6.66. The van der Waals surface area contributed by atoms with Crippen molar-refractivity contribution in [2.45, 2.75) is 42.3 Å². The number of hydrogen-bond donors (Lipinski definition) is 3. The first-order valence-corrected chi connectivity index (χ1v) is 11.5. The Hall–Kier alpha value is -2.77. The van der Waals surface area contributed by atoms with Gasteiger partial charge in [-0.1, -0.05) is 0 Å². The van der Waals surface area contributed by atoms with Crippen LogP contribution in [0.25, 0.3) is 16.9 Å². The van der Waals surface area contributed by atoms with Crippen LogP contribution in [-0.2, 0) is 16.2 Å². The lowest BCUT2D eigenvalue weighted by Crippen LogP contribution is -2.56. The molecule has 0 atom stereocenters. The molecule has 0 radical (unpaired) electrons. The van der Waals surface area contributed by atoms with Crippen molar-refractivity contribution >= 4 is 21.5 Å². The molecule has 2 bridgehead atoms. The number of imidazole rings is 1. The largest absolute Gasteiger partial charge is 0.434 e. The number of halogens is 4. The Kier molecular flexibility index (Phi) is 4.59. The molecule has 6 rings (SSSR count). The van der Waals surface area contributed by atoms with Crippen LogP contribution in [0.15, 0.2) is 35.5 Å². The van der Waals surface area contributed by atoms with Crippen molar-refractivity contribution in [1.29, 1.82) is 0 Å². The van der Waals surface area contributed by atoms with Crippen LogP contribution in [0, 0.1) is 11.2 Å². The highest BCUT2D eigenvalue weighted by atomic mass is 32.2. The molecule has 33 heavy (non-hydrogen) atoms. The molecule has 4 N–H and O–H groups in total. The van der Waals surface area contributed by atoms with E-state index in [-0.39, 0.29) is 28.9 Å². The van der Waals surface area contributed by atoms with Gasteiger partial charge in [0.05, 0.1) is 11.9 Å². The summed E-state index contributed by atoms with van der Waals surface area (Å²) in [5.41, 5.74) is 3.52. The fourth-order valence-corrected chi connectivity index (χ4v) is 6.66. The van der Waals surface area contributed by atoms with Crippen molar-refractivity contribution in [3.8, 4) is 11.3 Å². The van der Waals surface area contributed by atoms with Crippen LogP contribution in [0.2, 0.25) is 0 Å². The number of aliphatic hydroxyl groups is 1. The Bertz CT molecular complexity index is 1380. The monoisotopic (exact) mass is 485 g/mol. The number of nitrogens with two attached hydrogens (primary N) is 1. The molecule has 13 heteroatoms. The number of nitrogens with one attached hydrogen (secondary N) is 1. The normalized spacial score (nSPS) is 24.9. The average Bonchev–Trinajstić information content (AvgIpc) is 3.39. The summed E-state index contributed by atoms with van der Waals surface area (Å²) < 4.78 is 83.9. The summed E-state index contributed by atoms with van der Waals surface area (Å²) in [5.74, 6) is -1.45. The lowest BCUT2D eigenvalue weighted by Gasteiger charge is -2.46. The van der Waals surface area contributed by atoms with E-state index in [1.54, 1.807) is 0 Å². The first-order chi connectivity index (χ1) is 15.4. The molecule has 176 valence electrons. The Labute approximate surface area is 185 Å². The molecule has 0 aliphatic heterocycles. The molecule has 0 unspecified atom stereocenters. The van der Waals surface area contributed by atoms with Crippen molar-refractivity contribution in [2.75, 3.05) is 12.3 Å². The number of aromatic nitrogens is 3. The van der Waals surface area contributed by atoms with Crippen LogP contribution in [0.5, 0.6) is 0 Å². The van der Waals surface area contributed by atoms with Crippen LogP contribution >= 0.6 is 0 Å². The zero-order chi connectivity index (χ0) is 23.8. The van der Waals surface area contributed by atoms with E-state index in [0.717, 1.165) is 16.5 Å². The van der Waals surface area contributed by atoms with Gasteiger partial charge < -0.3 is 10.8 Å². The number of alkyl halides is 3. The smallest absolute Gasteiger partial charge is 0.396 e. The van der Waals surface area contributed by atoms with Crippen LogP contribution in [-0.4, -0.2) is 40.0 Å². The van der Waals surface area contributed by atoms with Crippen molar-refractivity contribution in [3.05, 3.63) is 42.1 Å². The molecule has 3 aliphatic carbocycles. The first-order valence-electron chi connectivity index (χ1n) is 10.0. The standard InChI is InChI=1S/C20H19F4N5O3S/c21-12-2-1-11(13-6-26-17-16(25)27-15(7-29(13)17)20(22,23)24)5-14(12)33(31,32)28-19-4-3-18(8-19,9-19)10-30/h1-2,5-7,28,30H,3-4,8-10H2,(H2,25,27). The van der Waals surface area contributed by atoms with Crippen LogP contribution in [0.1, 0.15) is 31.4 Å². The Morgan fingerprint density at radius 1 is 1.24 bits per heavy atom. The van der Waals surface area contributed by atoms with E-state index in [1.165, 1.54) is 12.3 Å². The number of nitrogens with zero attached hydrogens (tertiary/aromatic N) is 3. The Balaban J connectivity index is 1.55. The van der Waals surface area contributed by atoms with Gasteiger partial charge in [-0.25, -0.2) is 27.5 Å². The Morgan fingerprint density at radius 3 is 2.61 bits per heavy atom. The lowest BCUT2D eigenvalue weighted by atomic mass is 9.66. The second kappa shape index (κ2) is 6.87. The molecule has 3 aliphatic rings. The van der Waals surface area contributed by atoms with E-state index >= 15 is 0 Å². The van der Waals surface area contributed by atoms with Crippen LogP contribution in [0.4, 0.5) is 23.4 Å². The summed E-state index contributed by atoms with van der Waals surface area (Å²) >= 11 is 0. The molecule has 1 aromatic carbocycles. The average molecular weight is 485 g/mol. The van der Waals surface area contributed by atoms with E-state index in [0.29, 0.717) is 31.9 Å². The molecule has 0 saturated heterocycles. The van der Waals surface area contributed by atoms with E-state index in [2.05, 4.69) is 14.7 Å². The number of aliphatic hydroxyl groups excluding tert-OH is 1. The van der Waals surface area contributed by atoms with Gasteiger partial charge in [-0.2, -0.15) is 13.2 Å². The number of hydrogen-bond acceptors (Lipinski definition) is 6. The summed E-state index contributed by atoms with van der Waals surface area (Å²) in [7, 11) is -4.29. The number of anilines is 1. The zero-order valence-corrected chi connectivity index (χ0v) is 17.8. The maximum atomic E-state index is 14.6. The molecule has 3 fully saturated rings. The van der Waals surface area contributed by atoms with Gasteiger partial charge in [0.1, 0.15) is 10.7 Å². The fourth-order valence-electron chi connectivity index (χ4n) is 5.13. The molecular weight excluding hydrogens is 466 g/mol. The minimum atomic E-state index is -4.77. The van der Waals surface area contributed by atoms with E-state index in [4.69, 9.17) is 5.73 Å². The zero-order valence-electron chi connectivity index (χ0n) is 17.0.